The van der Waals surface area contributed by atoms with E-state index >= 15 is 0 Å². The number of benzene rings is 1. The highest BCUT2D eigenvalue weighted by molar-refractivity contribution is 9.10. The lowest BCUT2D eigenvalue weighted by molar-refractivity contribution is -0.124. The average molecular weight is 580 g/mol. The van der Waals surface area contributed by atoms with E-state index in [1.165, 1.54) is 62.0 Å². The first kappa shape index (κ1) is 24.5. The maximum Gasteiger partial charge on any atom is 0.267 e. The molecule has 0 bridgehead atoms. The molecule has 0 N–H and O–H groups in total. The quantitative estimate of drug-likeness (QED) is 0.332. The Morgan fingerprint density at radius 2 is 1.74 bits per heavy atom. The second-order valence-corrected chi connectivity index (χ2v) is 12.5. The number of rotatable bonds is 5. The number of thioether (sulfide) groups is 1. The van der Waals surface area contributed by atoms with Gasteiger partial charge in [0, 0.05) is 22.0 Å². The fourth-order valence-electron chi connectivity index (χ4n) is 4.85. The van der Waals surface area contributed by atoms with Crippen LogP contribution in [-0.2, 0) is 4.79 Å². The zero-order valence-corrected chi connectivity index (χ0v) is 22.9. The first-order valence-electron chi connectivity index (χ1n) is 12.1. The van der Waals surface area contributed by atoms with Crippen LogP contribution in [0.25, 0.3) is 6.08 Å². The third-order valence-corrected chi connectivity index (χ3v) is 9.71. The predicted octanol–water partition coefficient (Wildman–Crippen LogP) is 8.78. The summed E-state index contributed by atoms with van der Waals surface area (Å²) in [7, 11) is 0. The molecule has 180 valence electrons. The van der Waals surface area contributed by atoms with Crippen LogP contribution < -0.4 is 0 Å². The number of carbonyl (C=O) groups is 1. The van der Waals surface area contributed by atoms with Gasteiger partial charge in [-0.25, -0.2) is 0 Å². The maximum atomic E-state index is 13.6. The van der Waals surface area contributed by atoms with Crippen LogP contribution in [0.1, 0.15) is 70.0 Å². The first-order chi connectivity index (χ1) is 16.6. The van der Waals surface area contributed by atoms with Crippen molar-refractivity contribution in [3.8, 4) is 0 Å². The molecule has 5 rings (SSSR count). The monoisotopic (exact) mass is 578 g/mol. The minimum Gasteiger partial charge on any atom is -0.449 e. The van der Waals surface area contributed by atoms with Crippen molar-refractivity contribution in [1.29, 1.82) is 0 Å². The fraction of sp³-hybridized carbons (Fsp3) is 0.462. The number of nitrogens with zero attached hydrogens (tertiary/aromatic N) is 2. The van der Waals surface area contributed by atoms with Gasteiger partial charge in [0.15, 0.2) is 10.3 Å². The van der Waals surface area contributed by atoms with Crippen LogP contribution in [0.5, 0.6) is 0 Å². The standard InChI is InChI=1S/C26H28BrClN2O2S2/c27-22-15-20(32-25(22)33-21-13-11-17(28)12-14-21)16-23-24(31)30(19-9-5-2-6-10-19)26(34-23)29-18-7-3-1-4-8-18/h11-16,18-19H,1-10H2/b23-16-,29-26?. The highest BCUT2D eigenvalue weighted by atomic mass is 79.9. The summed E-state index contributed by atoms with van der Waals surface area (Å²) in [6.45, 7) is 0. The summed E-state index contributed by atoms with van der Waals surface area (Å²) in [5.41, 5.74) is 0. The van der Waals surface area contributed by atoms with Crippen molar-refractivity contribution in [2.75, 3.05) is 0 Å². The molecule has 4 nitrogen and oxygen atoms in total. The van der Waals surface area contributed by atoms with E-state index < -0.39 is 0 Å². The molecule has 0 atom stereocenters. The Morgan fingerprint density at radius 1 is 1.06 bits per heavy atom. The fourth-order valence-corrected chi connectivity index (χ4v) is 7.40. The lowest BCUT2D eigenvalue weighted by Gasteiger charge is -2.31. The van der Waals surface area contributed by atoms with Crippen LogP contribution in [0.2, 0.25) is 5.02 Å². The van der Waals surface area contributed by atoms with Gasteiger partial charge in [0.25, 0.3) is 5.91 Å². The van der Waals surface area contributed by atoms with Crippen molar-refractivity contribution in [3.63, 3.8) is 0 Å². The zero-order chi connectivity index (χ0) is 23.5. The van der Waals surface area contributed by atoms with Gasteiger partial charge in [0.1, 0.15) is 5.76 Å². The summed E-state index contributed by atoms with van der Waals surface area (Å²) < 4.78 is 6.98. The molecule has 1 aromatic carbocycles. The third-order valence-electron chi connectivity index (χ3n) is 6.62. The highest BCUT2D eigenvalue weighted by Crippen LogP contribution is 2.41. The number of hydrogen-bond acceptors (Lipinski definition) is 5. The number of halogens is 2. The number of furan rings is 1. The maximum absolute atomic E-state index is 13.6. The van der Waals surface area contributed by atoms with Crippen molar-refractivity contribution in [3.05, 3.63) is 50.5 Å². The SMILES string of the molecule is O=C1/C(=C/c2cc(Br)c(Sc3ccc(Cl)cc3)o2)SC(=NC2CCCCC2)N1C1CCCCC1. The van der Waals surface area contributed by atoms with Crippen LogP contribution in [0.4, 0.5) is 0 Å². The molecule has 0 spiro atoms. The molecule has 2 aromatic rings. The Bertz CT molecular complexity index is 1090. The molecule has 3 aliphatic rings. The van der Waals surface area contributed by atoms with Crippen molar-refractivity contribution in [2.24, 2.45) is 4.99 Å². The van der Waals surface area contributed by atoms with Gasteiger partial charge in [-0.1, -0.05) is 61.9 Å². The Kier molecular flexibility index (Phi) is 8.14. The second kappa shape index (κ2) is 11.3. The minimum absolute atomic E-state index is 0.0749. The minimum atomic E-state index is 0.0749. The van der Waals surface area contributed by atoms with E-state index in [4.69, 9.17) is 21.0 Å². The highest BCUT2D eigenvalue weighted by Gasteiger charge is 2.39. The van der Waals surface area contributed by atoms with Gasteiger partial charge in [-0.15, -0.1) is 0 Å². The van der Waals surface area contributed by atoms with Gasteiger partial charge < -0.3 is 4.42 Å². The molecule has 1 saturated heterocycles. The molecule has 3 fully saturated rings. The Morgan fingerprint density at radius 3 is 2.44 bits per heavy atom. The number of carbonyl (C=O) groups excluding carboxylic acids is 1. The lowest BCUT2D eigenvalue weighted by atomic mass is 9.94. The summed E-state index contributed by atoms with van der Waals surface area (Å²) in [4.78, 5) is 22.4. The predicted molar refractivity (Wildman–Crippen MR) is 146 cm³/mol. The van der Waals surface area contributed by atoms with Crippen LogP contribution in [-0.4, -0.2) is 28.1 Å². The van der Waals surface area contributed by atoms with E-state index in [2.05, 4.69) is 15.9 Å². The molecule has 0 unspecified atom stereocenters. The smallest absolute Gasteiger partial charge is 0.267 e. The van der Waals surface area contributed by atoms with Crippen molar-refractivity contribution < 1.29 is 9.21 Å². The summed E-state index contributed by atoms with van der Waals surface area (Å²) in [5, 5.41) is 2.36. The molecule has 34 heavy (non-hydrogen) atoms. The first-order valence-corrected chi connectivity index (χ1v) is 14.9. The number of amidine groups is 1. The van der Waals surface area contributed by atoms with Gasteiger partial charge in [-0.2, -0.15) is 0 Å². The van der Waals surface area contributed by atoms with E-state index in [1.54, 1.807) is 0 Å². The van der Waals surface area contributed by atoms with E-state index in [0.717, 1.165) is 45.3 Å². The topological polar surface area (TPSA) is 45.8 Å². The molecule has 1 aromatic heterocycles. The zero-order valence-electron chi connectivity index (χ0n) is 19.0. The van der Waals surface area contributed by atoms with Gasteiger partial charge >= 0.3 is 0 Å². The average Bonchev–Trinajstić information content (AvgIpc) is 3.34. The summed E-state index contributed by atoms with van der Waals surface area (Å²) in [5.74, 6) is 0.743. The molecule has 1 aliphatic heterocycles. The van der Waals surface area contributed by atoms with Crippen LogP contribution in [0.3, 0.4) is 0 Å². The number of hydrogen-bond donors (Lipinski definition) is 0. The van der Waals surface area contributed by atoms with Crippen LogP contribution in [0.15, 0.2) is 59.1 Å². The Balaban J connectivity index is 1.39. The van der Waals surface area contributed by atoms with Gasteiger partial charge in [0.2, 0.25) is 0 Å². The molecule has 2 saturated carbocycles. The summed E-state index contributed by atoms with van der Waals surface area (Å²) in [6, 6.07) is 10.2. The molecular formula is C26H28BrClN2O2S2. The Hall–Kier alpha value is -1.15. The van der Waals surface area contributed by atoms with E-state index in [0.29, 0.717) is 21.7 Å². The van der Waals surface area contributed by atoms with Crippen LogP contribution >= 0.6 is 51.1 Å². The molecule has 0 radical (unpaired) electrons. The van der Waals surface area contributed by atoms with Crippen molar-refractivity contribution in [2.45, 2.75) is 86.3 Å². The molecular weight excluding hydrogens is 552 g/mol. The third kappa shape index (κ3) is 5.80. The van der Waals surface area contributed by atoms with E-state index in [9.17, 15) is 4.79 Å². The van der Waals surface area contributed by atoms with Gasteiger partial charge in [-0.05, 0) is 83.7 Å². The molecule has 1 amide bonds. The van der Waals surface area contributed by atoms with Gasteiger partial charge in [-0.3, -0.25) is 14.7 Å². The van der Waals surface area contributed by atoms with Crippen molar-refractivity contribution >= 4 is 68.2 Å². The molecule has 2 aliphatic carbocycles. The Labute approximate surface area is 223 Å². The van der Waals surface area contributed by atoms with Crippen molar-refractivity contribution in [1.82, 2.24) is 4.90 Å². The number of amides is 1. The van der Waals surface area contributed by atoms with E-state index in [-0.39, 0.29) is 11.9 Å². The van der Waals surface area contributed by atoms with Crippen LogP contribution in [0, 0.1) is 0 Å². The molecule has 8 heteroatoms. The summed E-state index contributed by atoms with van der Waals surface area (Å²) in [6.07, 6.45) is 13.7. The lowest BCUT2D eigenvalue weighted by Crippen LogP contribution is -2.41. The summed E-state index contributed by atoms with van der Waals surface area (Å²) >= 11 is 12.7. The normalized spacial score (nSPS) is 22.9. The molecule has 2 heterocycles. The van der Waals surface area contributed by atoms with E-state index in [1.807, 2.05) is 41.3 Å². The number of aliphatic imine (C=N–C) groups is 1. The second-order valence-electron chi connectivity index (χ2n) is 9.12. The van der Waals surface area contributed by atoms with Gasteiger partial charge in [0.05, 0.1) is 15.4 Å². The largest absolute Gasteiger partial charge is 0.449 e.